The van der Waals surface area contributed by atoms with Crippen LogP contribution in [0.4, 0.5) is 0 Å². The zero-order chi connectivity index (χ0) is 18.2. The molecule has 1 aromatic heterocycles. The highest BCUT2D eigenvalue weighted by Gasteiger charge is 2.02. The molecule has 6 heteroatoms. The second-order valence-electron chi connectivity index (χ2n) is 5.47. The van der Waals surface area contributed by atoms with E-state index in [4.69, 9.17) is 4.42 Å². The molecule has 0 fully saturated rings. The van der Waals surface area contributed by atoms with Gasteiger partial charge in [0.15, 0.2) is 0 Å². The molecular formula is C20H17N3O3. The number of benzene rings is 2. The number of furan rings is 1. The molecular weight excluding hydrogens is 330 g/mol. The minimum Gasteiger partial charge on any atom is -0.465 e. The summed E-state index contributed by atoms with van der Waals surface area (Å²) >= 11 is 0. The molecule has 0 atom stereocenters. The van der Waals surface area contributed by atoms with Gasteiger partial charge >= 0.3 is 0 Å². The highest BCUT2D eigenvalue weighted by molar-refractivity contribution is 5.94. The van der Waals surface area contributed by atoms with E-state index in [1.54, 1.807) is 18.3 Å². The van der Waals surface area contributed by atoms with Gasteiger partial charge in [-0.25, -0.2) is 5.43 Å². The highest BCUT2D eigenvalue weighted by Crippen LogP contribution is 2.14. The van der Waals surface area contributed by atoms with E-state index < -0.39 is 11.8 Å². The maximum absolute atomic E-state index is 11.7. The van der Waals surface area contributed by atoms with Crippen LogP contribution < -0.4 is 10.7 Å². The third-order valence-electron chi connectivity index (χ3n) is 3.54. The lowest BCUT2D eigenvalue weighted by Gasteiger charge is -2.01. The second kappa shape index (κ2) is 8.43. The molecule has 0 saturated carbocycles. The fourth-order valence-electron chi connectivity index (χ4n) is 2.28. The normalized spacial score (nSPS) is 11.2. The summed E-state index contributed by atoms with van der Waals surface area (Å²) in [4.78, 5) is 23.3. The van der Waals surface area contributed by atoms with Crippen LogP contribution in [-0.4, -0.2) is 24.6 Å². The van der Waals surface area contributed by atoms with Gasteiger partial charge in [0.1, 0.15) is 5.76 Å². The molecule has 0 aliphatic carbocycles. The van der Waals surface area contributed by atoms with Crippen LogP contribution in [0.5, 0.6) is 0 Å². The predicted molar refractivity (Wildman–Crippen MR) is 100 cm³/mol. The molecule has 0 aliphatic rings. The third kappa shape index (κ3) is 4.91. The van der Waals surface area contributed by atoms with Gasteiger partial charge < -0.3 is 9.73 Å². The first-order valence-corrected chi connectivity index (χ1v) is 8.01. The van der Waals surface area contributed by atoms with E-state index in [0.29, 0.717) is 5.76 Å². The Morgan fingerprint density at radius 1 is 1.04 bits per heavy atom. The molecule has 0 radical (unpaired) electrons. The van der Waals surface area contributed by atoms with Crippen molar-refractivity contribution >= 4 is 34.9 Å². The van der Waals surface area contributed by atoms with E-state index >= 15 is 0 Å². The van der Waals surface area contributed by atoms with Crippen molar-refractivity contribution in [3.63, 3.8) is 0 Å². The number of hydrazone groups is 1. The Morgan fingerprint density at radius 3 is 2.69 bits per heavy atom. The van der Waals surface area contributed by atoms with Gasteiger partial charge in [0.25, 0.3) is 5.91 Å². The SMILES string of the molecule is O=C(/C=C/c1ccco1)NCC(=O)N/N=C\c1ccc2ccccc2c1. The average molecular weight is 347 g/mol. The quantitative estimate of drug-likeness (QED) is 0.408. The van der Waals surface area contributed by atoms with Crippen molar-refractivity contribution in [2.75, 3.05) is 6.54 Å². The van der Waals surface area contributed by atoms with E-state index in [-0.39, 0.29) is 6.54 Å². The highest BCUT2D eigenvalue weighted by atomic mass is 16.3. The first-order chi connectivity index (χ1) is 12.7. The van der Waals surface area contributed by atoms with Gasteiger partial charge in [-0.2, -0.15) is 5.10 Å². The Balaban J connectivity index is 1.45. The van der Waals surface area contributed by atoms with Gasteiger partial charge in [-0.15, -0.1) is 0 Å². The van der Waals surface area contributed by atoms with Crippen LogP contribution in [0.15, 0.2) is 76.5 Å². The summed E-state index contributed by atoms with van der Waals surface area (Å²) in [6.45, 7) is -0.170. The second-order valence-corrected chi connectivity index (χ2v) is 5.47. The number of amides is 2. The van der Waals surface area contributed by atoms with Crippen molar-refractivity contribution < 1.29 is 14.0 Å². The van der Waals surface area contributed by atoms with Crippen molar-refractivity contribution in [2.45, 2.75) is 0 Å². The van der Waals surface area contributed by atoms with Gasteiger partial charge in [-0.05, 0) is 40.6 Å². The number of hydrogen-bond acceptors (Lipinski definition) is 4. The molecule has 6 nitrogen and oxygen atoms in total. The Morgan fingerprint density at radius 2 is 1.88 bits per heavy atom. The summed E-state index contributed by atoms with van der Waals surface area (Å²) in [5, 5.41) is 8.60. The predicted octanol–water partition coefficient (Wildman–Crippen LogP) is 2.71. The number of carbonyl (C=O) groups is 2. The topological polar surface area (TPSA) is 83.7 Å². The fourth-order valence-corrected chi connectivity index (χ4v) is 2.28. The van der Waals surface area contributed by atoms with Crippen molar-refractivity contribution in [1.29, 1.82) is 0 Å². The summed E-state index contributed by atoms with van der Waals surface area (Å²) in [7, 11) is 0. The first-order valence-electron chi connectivity index (χ1n) is 8.01. The van der Waals surface area contributed by atoms with E-state index in [2.05, 4.69) is 15.8 Å². The zero-order valence-electron chi connectivity index (χ0n) is 13.9. The minimum absolute atomic E-state index is 0.170. The number of nitrogens with one attached hydrogen (secondary N) is 2. The van der Waals surface area contributed by atoms with Crippen LogP contribution in [0.2, 0.25) is 0 Å². The number of fused-ring (bicyclic) bond motifs is 1. The molecule has 3 aromatic rings. The zero-order valence-corrected chi connectivity index (χ0v) is 13.9. The number of hydrogen-bond donors (Lipinski definition) is 2. The Bertz CT molecular complexity index is 959. The fraction of sp³-hybridized carbons (Fsp3) is 0.0500. The first kappa shape index (κ1) is 17.2. The molecule has 2 amide bonds. The van der Waals surface area contributed by atoms with Crippen LogP contribution in [0, 0.1) is 0 Å². The standard InChI is InChI=1S/C20H17N3O3/c24-19(10-9-18-6-3-11-26-18)21-14-20(25)23-22-13-15-7-8-16-4-1-2-5-17(16)12-15/h1-13H,14H2,(H,21,24)(H,23,25)/b10-9+,22-13-. The summed E-state index contributed by atoms with van der Waals surface area (Å²) in [6.07, 6.45) is 5.89. The van der Waals surface area contributed by atoms with Crippen LogP contribution >= 0.6 is 0 Å². The molecule has 2 aromatic carbocycles. The molecule has 0 unspecified atom stereocenters. The molecule has 2 N–H and O–H groups in total. The van der Waals surface area contributed by atoms with E-state index in [0.717, 1.165) is 16.3 Å². The largest absolute Gasteiger partial charge is 0.465 e. The maximum atomic E-state index is 11.7. The smallest absolute Gasteiger partial charge is 0.259 e. The van der Waals surface area contributed by atoms with Gasteiger partial charge in [0.2, 0.25) is 5.91 Å². The summed E-state index contributed by atoms with van der Waals surface area (Å²) < 4.78 is 5.07. The molecule has 0 saturated heterocycles. The Kier molecular flexibility index (Phi) is 5.57. The van der Waals surface area contributed by atoms with E-state index in [9.17, 15) is 9.59 Å². The van der Waals surface area contributed by atoms with Crippen molar-refractivity contribution in [1.82, 2.24) is 10.7 Å². The number of rotatable bonds is 6. The third-order valence-corrected chi connectivity index (χ3v) is 3.54. The van der Waals surface area contributed by atoms with Crippen LogP contribution in [0.25, 0.3) is 16.8 Å². The summed E-state index contributed by atoms with van der Waals surface area (Å²) in [6, 6.07) is 17.3. The Hall–Kier alpha value is -3.67. The summed E-state index contributed by atoms with van der Waals surface area (Å²) in [5.41, 5.74) is 3.25. The molecule has 26 heavy (non-hydrogen) atoms. The monoisotopic (exact) mass is 347 g/mol. The van der Waals surface area contributed by atoms with Crippen LogP contribution in [0.3, 0.4) is 0 Å². The van der Waals surface area contributed by atoms with Gasteiger partial charge in [-0.3, -0.25) is 9.59 Å². The number of carbonyl (C=O) groups excluding carboxylic acids is 2. The minimum atomic E-state index is -0.415. The van der Waals surface area contributed by atoms with Gasteiger partial charge in [0, 0.05) is 6.08 Å². The lowest BCUT2D eigenvalue weighted by Crippen LogP contribution is -2.34. The van der Waals surface area contributed by atoms with Gasteiger partial charge in [-0.1, -0.05) is 36.4 Å². The molecule has 0 aliphatic heterocycles. The molecule has 1 heterocycles. The Labute approximate surface area is 150 Å². The van der Waals surface area contributed by atoms with Gasteiger partial charge in [0.05, 0.1) is 19.0 Å². The molecule has 0 bridgehead atoms. The number of nitrogens with zero attached hydrogens (tertiary/aromatic N) is 1. The van der Waals surface area contributed by atoms with Crippen molar-refractivity contribution in [2.24, 2.45) is 5.10 Å². The summed E-state index contributed by atoms with van der Waals surface area (Å²) in [5.74, 6) is -0.249. The maximum Gasteiger partial charge on any atom is 0.259 e. The average Bonchev–Trinajstić information content (AvgIpc) is 3.18. The van der Waals surface area contributed by atoms with Crippen LogP contribution in [-0.2, 0) is 9.59 Å². The molecule has 3 rings (SSSR count). The lowest BCUT2D eigenvalue weighted by atomic mass is 10.1. The van der Waals surface area contributed by atoms with E-state index in [1.165, 1.54) is 18.4 Å². The van der Waals surface area contributed by atoms with Crippen molar-refractivity contribution in [3.05, 3.63) is 78.3 Å². The lowest BCUT2D eigenvalue weighted by molar-refractivity contribution is -0.123. The van der Waals surface area contributed by atoms with Crippen LogP contribution in [0.1, 0.15) is 11.3 Å². The molecule has 0 spiro atoms. The molecule has 130 valence electrons. The van der Waals surface area contributed by atoms with Crippen molar-refractivity contribution in [3.8, 4) is 0 Å². The van der Waals surface area contributed by atoms with E-state index in [1.807, 2.05) is 42.5 Å².